The molecule has 5 heteroatoms. The fourth-order valence-corrected chi connectivity index (χ4v) is 2.55. The molecule has 0 radical (unpaired) electrons. The van der Waals surface area contributed by atoms with E-state index < -0.39 is 11.2 Å². The van der Waals surface area contributed by atoms with Gasteiger partial charge < -0.3 is 4.98 Å². The van der Waals surface area contributed by atoms with Crippen LogP contribution in [0.5, 0.6) is 0 Å². The van der Waals surface area contributed by atoms with E-state index in [4.69, 9.17) is 0 Å². The molecule has 17 heavy (non-hydrogen) atoms. The van der Waals surface area contributed by atoms with E-state index in [9.17, 15) is 14.4 Å². The lowest BCUT2D eigenvalue weighted by Crippen LogP contribution is -2.41. The summed E-state index contributed by atoms with van der Waals surface area (Å²) in [7, 11) is 0. The van der Waals surface area contributed by atoms with Gasteiger partial charge in [-0.15, -0.1) is 0 Å². The first kappa shape index (κ1) is 11.8. The molecule has 1 aromatic heterocycles. The second-order valence-corrected chi connectivity index (χ2v) is 4.71. The average molecular weight is 236 g/mol. The van der Waals surface area contributed by atoms with Crippen LogP contribution in [0.15, 0.2) is 15.8 Å². The number of Topliss-reactive ketones (excluding diaryl/α,β-unsaturated/α-hetero) is 1. The molecule has 2 rings (SSSR count). The van der Waals surface area contributed by atoms with Crippen molar-refractivity contribution in [3.05, 3.63) is 32.6 Å². The maximum absolute atomic E-state index is 12.1. The molecule has 1 N–H and O–H groups in total. The highest BCUT2D eigenvalue weighted by Gasteiger charge is 2.28. The maximum atomic E-state index is 12.1. The van der Waals surface area contributed by atoms with Crippen molar-refractivity contribution in [1.82, 2.24) is 9.55 Å². The van der Waals surface area contributed by atoms with Crippen LogP contribution in [0.1, 0.15) is 49.5 Å². The van der Waals surface area contributed by atoms with Crippen molar-refractivity contribution < 1.29 is 4.79 Å². The highest BCUT2D eigenvalue weighted by molar-refractivity contribution is 5.93. The Morgan fingerprint density at radius 3 is 2.65 bits per heavy atom. The highest BCUT2D eigenvalue weighted by Crippen LogP contribution is 2.33. The second kappa shape index (κ2) is 4.31. The molecule has 1 aliphatic carbocycles. The Morgan fingerprint density at radius 2 is 2.12 bits per heavy atom. The Labute approximate surface area is 98.5 Å². The molecule has 1 aliphatic rings. The number of aromatic amines is 1. The molecule has 1 aromatic rings. The quantitative estimate of drug-likeness (QED) is 0.781. The molecule has 2 atom stereocenters. The second-order valence-electron chi connectivity index (χ2n) is 4.71. The Morgan fingerprint density at radius 1 is 1.41 bits per heavy atom. The molecule has 92 valence electrons. The Balaban J connectivity index is 2.60. The summed E-state index contributed by atoms with van der Waals surface area (Å²) in [6.07, 6.45) is 4.07. The number of carbonyl (C=O) groups excluding carboxylic acids is 1. The third-order valence-electron chi connectivity index (χ3n) is 3.54. The Hall–Kier alpha value is -1.65. The van der Waals surface area contributed by atoms with Gasteiger partial charge in [-0.25, -0.2) is 4.79 Å². The third kappa shape index (κ3) is 1.97. The normalized spacial score (nSPS) is 23.9. The number of ketones is 1. The molecular weight excluding hydrogens is 220 g/mol. The van der Waals surface area contributed by atoms with Gasteiger partial charge >= 0.3 is 5.69 Å². The predicted octanol–water partition coefficient (Wildman–Crippen LogP) is 1.10. The van der Waals surface area contributed by atoms with Gasteiger partial charge in [-0.2, -0.15) is 0 Å². The number of carbonyl (C=O) groups is 1. The standard InChI is InChI=1S/C12H16N2O3/c1-7-4-3-5-10(7)14-11(16)9(8(2)15)6-13-12(14)17/h6-7,10H,3-5H2,1-2H3,(H,13,17). The van der Waals surface area contributed by atoms with Crippen LogP contribution in [0.25, 0.3) is 0 Å². The van der Waals surface area contributed by atoms with Gasteiger partial charge in [0.25, 0.3) is 5.56 Å². The van der Waals surface area contributed by atoms with Crippen LogP contribution in [0.3, 0.4) is 0 Å². The number of H-pyrrole nitrogens is 1. The number of rotatable bonds is 2. The van der Waals surface area contributed by atoms with Gasteiger partial charge in [0.1, 0.15) is 0 Å². The van der Waals surface area contributed by atoms with Crippen LogP contribution in [0.4, 0.5) is 0 Å². The average Bonchev–Trinajstić information content (AvgIpc) is 2.64. The van der Waals surface area contributed by atoms with Crippen LogP contribution in [-0.4, -0.2) is 15.3 Å². The van der Waals surface area contributed by atoms with E-state index >= 15 is 0 Å². The summed E-state index contributed by atoms with van der Waals surface area (Å²) in [5.74, 6) is -0.0124. The van der Waals surface area contributed by atoms with Gasteiger partial charge in [0.05, 0.1) is 5.56 Å². The van der Waals surface area contributed by atoms with Crippen molar-refractivity contribution in [2.75, 3.05) is 0 Å². The minimum Gasteiger partial charge on any atom is -0.313 e. The fourth-order valence-electron chi connectivity index (χ4n) is 2.55. The van der Waals surface area contributed by atoms with Crippen molar-refractivity contribution in [2.45, 2.75) is 39.2 Å². The highest BCUT2D eigenvalue weighted by atomic mass is 16.2. The number of hydrogen-bond donors (Lipinski definition) is 1. The molecule has 0 bridgehead atoms. The van der Waals surface area contributed by atoms with Crippen LogP contribution in [0.2, 0.25) is 0 Å². The van der Waals surface area contributed by atoms with Crippen molar-refractivity contribution in [2.24, 2.45) is 5.92 Å². The molecule has 2 unspecified atom stereocenters. The molecule has 1 heterocycles. The van der Waals surface area contributed by atoms with Gasteiger partial charge in [-0.05, 0) is 25.7 Å². The van der Waals surface area contributed by atoms with Crippen molar-refractivity contribution in [3.63, 3.8) is 0 Å². The zero-order chi connectivity index (χ0) is 12.6. The van der Waals surface area contributed by atoms with E-state index in [2.05, 4.69) is 4.98 Å². The summed E-state index contributed by atoms with van der Waals surface area (Å²) in [5.41, 5.74) is -0.817. The van der Waals surface area contributed by atoms with Crippen molar-refractivity contribution in [1.29, 1.82) is 0 Å². The molecule has 0 saturated heterocycles. The Kier molecular flexibility index (Phi) is 3.00. The monoisotopic (exact) mass is 236 g/mol. The maximum Gasteiger partial charge on any atom is 0.328 e. The number of aromatic nitrogens is 2. The first-order valence-corrected chi connectivity index (χ1v) is 5.87. The SMILES string of the molecule is CC(=O)c1c[nH]c(=O)n(C2CCCC2C)c1=O. The fraction of sp³-hybridized carbons (Fsp3) is 0.583. The summed E-state index contributed by atoms with van der Waals surface area (Å²) in [6, 6.07) is -0.0782. The summed E-state index contributed by atoms with van der Waals surface area (Å²) in [5, 5.41) is 0. The van der Waals surface area contributed by atoms with Crippen LogP contribution < -0.4 is 11.2 Å². The molecule has 0 aromatic carbocycles. The van der Waals surface area contributed by atoms with Crippen molar-refractivity contribution >= 4 is 5.78 Å². The molecule has 5 nitrogen and oxygen atoms in total. The van der Waals surface area contributed by atoms with E-state index in [0.29, 0.717) is 5.92 Å². The van der Waals surface area contributed by atoms with Gasteiger partial charge in [0.2, 0.25) is 0 Å². The molecular formula is C12H16N2O3. The number of nitrogens with zero attached hydrogens (tertiary/aromatic N) is 1. The lowest BCUT2D eigenvalue weighted by molar-refractivity contribution is 0.101. The zero-order valence-electron chi connectivity index (χ0n) is 10.0. The van der Waals surface area contributed by atoms with E-state index in [-0.39, 0.29) is 17.4 Å². The van der Waals surface area contributed by atoms with Crippen molar-refractivity contribution in [3.8, 4) is 0 Å². The molecule has 1 fully saturated rings. The molecule has 1 saturated carbocycles. The van der Waals surface area contributed by atoms with E-state index in [1.54, 1.807) is 0 Å². The lowest BCUT2D eigenvalue weighted by atomic mass is 10.1. The zero-order valence-corrected chi connectivity index (χ0v) is 10.0. The van der Waals surface area contributed by atoms with Gasteiger partial charge in [-0.1, -0.05) is 13.3 Å². The summed E-state index contributed by atoms with van der Waals surface area (Å²) in [6.45, 7) is 3.36. The minimum absolute atomic E-state index is 0.0590. The summed E-state index contributed by atoms with van der Waals surface area (Å²) >= 11 is 0. The predicted molar refractivity (Wildman–Crippen MR) is 63.4 cm³/mol. The summed E-state index contributed by atoms with van der Waals surface area (Å²) in [4.78, 5) is 37.6. The van der Waals surface area contributed by atoms with E-state index in [1.807, 2.05) is 6.92 Å². The molecule has 0 aliphatic heterocycles. The molecule has 0 amide bonds. The van der Waals surface area contributed by atoms with Crippen LogP contribution in [0, 0.1) is 5.92 Å². The number of hydrogen-bond acceptors (Lipinski definition) is 3. The number of nitrogens with one attached hydrogen (secondary N) is 1. The van der Waals surface area contributed by atoms with Crippen LogP contribution in [-0.2, 0) is 0 Å². The van der Waals surface area contributed by atoms with E-state index in [1.165, 1.54) is 17.7 Å². The Bertz CT molecular complexity index is 556. The van der Waals surface area contributed by atoms with Gasteiger partial charge in [0.15, 0.2) is 5.78 Å². The van der Waals surface area contributed by atoms with Crippen LogP contribution >= 0.6 is 0 Å². The smallest absolute Gasteiger partial charge is 0.313 e. The largest absolute Gasteiger partial charge is 0.328 e. The van der Waals surface area contributed by atoms with Gasteiger partial charge in [-0.3, -0.25) is 14.2 Å². The lowest BCUT2D eigenvalue weighted by Gasteiger charge is -2.17. The first-order valence-electron chi connectivity index (χ1n) is 5.87. The topological polar surface area (TPSA) is 71.9 Å². The molecule has 0 spiro atoms. The summed E-state index contributed by atoms with van der Waals surface area (Å²) < 4.78 is 1.22. The van der Waals surface area contributed by atoms with E-state index in [0.717, 1.165) is 19.3 Å². The first-order chi connectivity index (χ1) is 8.02. The van der Waals surface area contributed by atoms with Gasteiger partial charge in [0, 0.05) is 12.2 Å². The minimum atomic E-state index is -0.458. The third-order valence-corrected chi connectivity index (χ3v) is 3.54.